The van der Waals surface area contributed by atoms with Crippen LogP contribution in [0.25, 0.3) is 23.1 Å². The van der Waals surface area contributed by atoms with Gasteiger partial charge in [0.15, 0.2) is 0 Å². The van der Waals surface area contributed by atoms with Crippen LogP contribution in [0.2, 0.25) is 0 Å². The zero-order valence-corrected chi connectivity index (χ0v) is 11.1. The molecule has 0 radical (unpaired) electrons. The van der Waals surface area contributed by atoms with Crippen LogP contribution < -0.4 is 5.32 Å². The van der Waals surface area contributed by atoms with Gasteiger partial charge in [-0.2, -0.15) is 0 Å². The second-order valence-electron chi connectivity index (χ2n) is 4.58. The first-order chi connectivity index (χ1) is 9.74. The number of phenols is 1. The minimum Gasteiger partial charge on any atom is -0.508 e. The molecule has 3 aromatic rings. The van der Waals surface area contributed by atoms with Gasteiger partial charge in [-0.15, -0.1) is 0 Å². The lowest BCUT2D eigenvalue weighted by Gasteiger charge is -1.98. The number of hydrogen-bond donors (Lipinski definition) is 2. The molecule has 0 unspecified atom stereocenters. The van der Waals surface area contributed by atoms with Gasteiger partial charge in [0.25, 0.3) is 0 Å². The number of phenolic OH excluding ortho intramolecular Hbond substituents is 1. The molecule has 0 spiro atoms. The van der Waals surface area contributed by atoms with Crippen LogP contribution in [0.1, 0.15) is 11.3 Å². The van der Waals surface area contributed by atoms with Gasteiger partial charge >= 0.3 is 0 Å². The molecule has 0 bridgehead atoms. The van der Waals surface area contributed by atoms with E-state index in [1.165, 1.54) is 0 Å². The van der Waals surface area contributed by atoms with Crippen molar-refractivity contribution < 1.29 is 9.52 Å². The molecular weight excluding hydrogens is 250 g/mol. The Balaban J connectivity index is 1.85. The maximum atomic E-state index is 9.41. The van der Waals surface area contributed by atoms with Crippen LogP contribution in [0.4, 0.5) is 5.69 Å². The second-order valence-corrected chi connectivity index (χ2v) is 4.58. The summed E-state index contributed by atoms with van der Waals surface area (Å²) >= 11 is 0. The Bertz CT molecular complexity index is 754. The van der Waals surface area contributed by atoms with Gasteiger partial charge in [-0.25, -0.2) is 0 Å². The summed E-state index contributed by atoms with van der Waals surface area (Å²) in [7, 11) is 1.90. The van der Waals surface area contributed by atoms with E-state index in [-0.39, 0.29) is 5.75 Å². The van der Waals surface area contributed by atoms with E-state index >= 15 is 0 Å². The second kappa shape index (κ2) is 5.13. The van der Waals surface area contributed by atoms with E-state index in [9.17, 15) is 5.11 Å². The summed E-state index contributed by atoms with van der Waals surface area (Å²) in [5.74, 6) is 0.980. The monoisotopic (exact) mass is 265 g/mol. The Kier molecular flexibility index (Phi) is 3.17. The summed E-state index contributed by atoms with van der Waals surface area (Å²) in [6, 6.07) is 15.2. The lowest BCUT2D eigenvalue weighted by molar-refractivity contribution is 0.474. The molecular formula is C17H15NO2. The molecule has 0 atom stereocenters. The van der Waals surface area contributed by atoms with Crippen LogP contribution in [0, 0.1) is 0 Å². The van der Waals surface area contributed by atoms with Crippen LogP contribution in [-0.2, 0) is 0 Å². The van der Waals surface area contributed by atoms with Crippen LogP contribution in [0.3, 0.4) is 0 Å². The Morgan fingerprint density at radius 3 is 2.55 bits per heavy atom. The Morgan fingerprint density at radius 2 is 1.80 bits per heavy atom. The average molecular weight is 265 g/mol. The number of benzene rings is 2. The van der Waals surface area contributed by atoms with Gasteiger partial charge in [0.05, 0.1) is 0 Å². The Labute approximate surface area is 117 Å². The number of hydrogen-bond acceptors (Lipinski definition) is 3. The predicted octanol–water partition coefficient (Wildman–Crippen LogP) is 4.35. The van der Waals surface area contributed by atoms with Crippen molar-refractivity contribution in [2.45, 2.75) is 0 Å². The van der Waals surface area contributed by atoms with E-state index < -0.39 is 0 Å². The summed E-state index contributed by atoms with van der Waals surface area (Å²) in [5, 5.41) is 13.5. The molecule has 0 aliphatic heterocycles. The van der Waals surface area contributed by atoms with E-state index in [4.69, 9.17) is 4.42 Å². The summed E-state index contributed by atoms with van der Waals surface area (Å²) in [5.41, 5.74) is 2.88. The van der Waals surface area contributed by atoms with Crippen LogP contribution >= 0.6 is 0 Å². The maximum Gasteiger partial charge on any atom is 0.138 e. The minimum absolute atomic E-state index is 0.213. The molecule has 3 heteroatoms. The van der Waals surface area contributed by atoms with Gasteiger partial charge in [-0.05, 0) is 42.0 Å². The standard InChI is InChI=1S/C17H15NO2/c1-18-14-6-2-12(3-7-14)4-9-16-10-13-5-8-15(19)11-17(13)20-16/h2-11,18-19H,1H3. The normalized spacial score (nSPS) is 11.2. The van der Waals surface area contributed by atoms with Crippen molar-refractivity contribution in [1.29, 1.82) is 0 Å². The highest BCUT2D eigenvalue weighted by Crippen LogP contribution is 2.24. The topological polar surface area (TPSA) is 45.4 Å². The molecule has 100 valence electrons. The highest BCUT2D eigenvalue weighted by molar-refractivity contribution is 5.82. The molecule has 20 heavy (non-hydrogen) atoms. The molecule has 3 nitrogen and oxygen atoms in total. The van der Waals surface area contributed by atoms with Crippen molar-refractivity contribution in [3.05, 3.63) is 59.9 Å². The summed E-state index contributed by atoms with van der Waals surface area (Å²) < 4.78 is 5.66. The maximum absolute atomic E-state index is 9.41. The fourth-order valence-corrected chi connectivity index (χ4v) is 2.06. The van der Waals surface area contributed by atoms with Crippen LogP contribution in [-0.4, -0.2) is 12.2 Å². The number of rotatable bonds is 3. The molecule has 0 fully saturated rings. The number of nitrogens with one attached hydrogen (secondary N) is 1. The number of anilines is 1. The molecule has 3 rings (SSSR count). The molecule has 2 aromatic carbocycles. The lowest BCUT2D eigenvalue weighted by Crippen LogP contribution is -1.86. The van der Waals surface area contributed by atoms with Gasteiger partial charge in [0, 0.05) is 24.2 Å². The fourth-order valence-electron chi connectivity index (χ4n) is 2.06. The smallest absolute Gasteiger partial charge is 0.138 e. The Hall–Kier alpha value is -2.68. The van der Waals surface area contributed by atoms with E-state index in [2.05, 4.69) is 5.32 Å². The molecule has 1 aromatic heterocycles. The third kappa shape index (κ3) is 2.52. The first kappa shape index (κ1) is 12.4. The third-order valence-corrected chi connectivity index (χ3v) is 3.16. The zero-order valence-electron chi connectivity index (χ0n) is 11.1. The molecule has 0 aliphatic carbocycles. The van der Waals surface area contributed by atoms with Gasteiger partial charge < -0.3 is 14.8 Å². The SMILES string of the molecule is CNc1ccc(C=Cc2cc3ccc(O)cc3o2)cc1. The molecule has 1 heterocycles. The van der Waals surface area contributed by atoms with Crippen molar-refractivity contribution in [1.82, 2.24) is 0 Å². The van der Waals surface area contributed by atoms with Gasteiger partial charge in [-0.1, -0.05) is 18.2 Å². The summed E-state index contributed by atoms with van der Waals surface area (Å²) in [6.45, 7) is 0. The molecule has 0 saturated heterocycles. The van der Waals surface area contributed by atoms with Crippen molar-refractivity contribution in [2.75, 3.05) is 12.4 Å². The number of aromatic hydroxyl groups is 1. The highest BCUT2D eigenvalue weighted by atomic mass is 16.3. The van der Waals surface area contributed by atoms with Crippen LogP contribution in [0.5, 0.6) is 5.75 Å². The molecule has 0 saturated carbocycles. The van der Waals surface area contributed by atoms with Crippen LogP contribution in [0.15, 0.2) is 52.9 Å². The number of fused-ring (bicyclic) bond motifs is 1. The van der Waals surface area contributed by atoms with E-state index in [1.807, 2.05) is 55.6 Å². The molecule has 2 N–H and O–H groups in total. The first-order valence-corrected chi connectivity index (χ1v) is 6.43. The predicted molar refractivity (Wildman–Crippen MR) is 82.8 cm³/mol. The Morgan fingerprint density at radius 1 is 1.00 bits per heavy atom. The van der Waals surface area contributed by atoms with E-state index in [0.29, 0.717) is 5.58 Å². The highest BCUT2D eigenvalue weighted by Gasteiger charge is 2.01. The largest absolute Gasteiger partial charge is 0.508 e. The third-order valence-electron chi connectivity index (χ3n) is 3.16. The zero-order chi connectivity index (χ0) is 13.9. The van der Waals surface area contributed by atoms with Gasteiger partial charge in [0.2, 0.25) is 0 Å². The lowest BCUT2D eigenvalue weighted by atomic mass is 10.2. The quantitative estimate of drug-likeness (QED) is 0.740. The fraction of sp³-hybridized carbons (Fsp3) is 0.0588. The molecule has 0 amide bonds. The van der Waals surface area contributed by atoms with Crippen molar-refractivity contribution >= 4 is 28.8 Å². The molecule has 0 aliphatic rings. The van der Waals surface area contributed by atoms with Gasteiger partial charge in [-0.3, -0.25) is 0 Å². The van der Waals surface area contributed by atoms with E-state index in [0.717, 1.165) is 22.4 Å². The number of furan rings is 1. The van der Waals surface area contributed by atoms with Crippen molar-refractivity contribution in [3.8, 4) is 5.75 Å². The first-order valence-electron chi connectivity index (χ1n) is 6.43. The van der Waals surface area contributed by atoms with Crippen molar-refractivity contribution in [3.63, 3.8) is 0 Å². The summed E-state index contributed by atoms with van der Waals surface area (Å²) in [6.07, 6.45) is 3.92. The van der Waals surface area contributed by atoms with Crippen molar-refractivity contribution in [2.24, 2.45) is 0 Å². The minimum atomic E-state index is 0.213. The van der Waals surface area contributed by atoms with Gasteiger partial charge in [0.1, 0.15) is 17.1 Å². The summed E-state index contributed by atoms with van der Waals surface area (Å²) in [4.78, 5) is 0. The van der Waals surface area contributed by atoms with E-state index in [1.54, 1.807) is 12.1 Å². The average Bonchev–Trinajstić information content (AvgIpc) is 2.87.